The van der Waals surface area contributed by atoms with Crippen molar-refractivity contribution in [1.82, 2.24) is 14.5 Å². The first-order chi connectivity index (χ1) is 11.7. The van der Waals surface area contributed by atoms with Crippen LogP contribution in [-0.4, -0.2) is 46.7 Å². The summed E-state index contributed by atoms with van der Waals surface area (Å²) in [5.74, 6) is 0.383. The molecule has 0 radical (unpaired) electrons. The van der Waals surface area contributed by atoms with Crippen molar-refractivity contribution in [2.45, 2.75) is 31.7 Å². The first-order valence-corrected chi connectivity index (χ1v) is 8.80. The molecule has 2 fully saturated rings. The van der Waals surface area contributed by atoms with Gasteiger partial charge in [0.05, 0.1) is 11.0 Å². The van der Waals surface area contributed by atoms with Crippen LogP contribution in [0.5, 0.6) is 0 Å². The summed E-state index contributed by atoms with van der Waals surface area (Å²) in [5, 5.41) is 0. The highest BCUT2D eigenvalue weighted by Crippen LogP contribution is 2.27. The number of piperidine rings is 1. The van der Waals surface area contributed by atoms with Gasteiger partial charge in [-0.1, -0.05) is 12.1 Å². The molecule has 6 heteroatoms. The van der Waals surface area contributed by atoms with Crippen molar-refractivity contribution in [3.05, 3.63) is 34.7 Å². The summed E-state index contributed by atoms with van der Waals surface area (Å²) >= 11 is 0. The number of ether oxygens (including phenoxy) is 1. The summed E-state index contributed by atoms with van der Waals surface area (Å²) in [4.78, 5) is 29.8. The van der Waals surface area contributed by atoms with Crippen LogP contribution in [-0.2, 0) is 9.53 Å². The van der Waals surface area contributed by atoms with Gasteiger partial charge >= 0.3 is 5.69 Å². The van der Waals surface area contributed by atoms with E-state index in [9.17, 15) is 9.59 Å². The average molecular weight is 329 g/mol. The van der Waals surface area contributed by atoms with E-state index in [1.54, 1.807) is 0 Å². The number of amides is 1. The molecular formula is C18H23N3O3. The topological polar surface area (TPSA) is 67.3 Å². The number of likely N-dealkylation sites (tertiary alicyclic amines) is 1. The lowest BCUT2D eigenvalue weighted by molar-refractivity contribution is -0.139. The van der Waals surface area contributed by atoms with E-state index >= 15 is 0 Å². The minimum absolute atomic E-state index is 0.0506. The molecule has 1 N–H and O–H groups in total. The number of fused-ring (bicyclic) bond motifs is 1. The normalized spacial score (nSPS) is 20.6. The molecule has 2 aliphatic heterocycles. The maximum Gasteiger partial charge on any atom is 0.326 e. The number of hydrogen-bond acceptors (Lipinski definition) is 3. The number of hydrogen-bond donors (Lipinski definition) is 1. The third-order valence-corrected chi connectivity index (χ3v) is 5.34. The maximum absolute atomic E-state index is 12.6. The second-order valence-electron chi connectivity index (χ2n) is 6.76. The number of rotatable bonds is 2. The molecule has 4 rings (SSSR count). The number of H-pyrrole nitrogens is 1. The van der Waals surface area contributed by atoms with Crippen molar-refractivity contribution in [3.8, 4) is 0 Å². The van der Waals surface area contributed by atoms with Gasteiger partial charge in [-0.15, -0.1) is 0 Å². The summed E-state index contributed by atoms with van der Waals surface area (Å²) in [7, 11) is 0. The smallest absolute Gasteiger partial charge is 0.326 e. The van der Waals surface area contributed by atoms with Crippen molar-refractivity contribution in [1.29, 1.82) is 0 Å². The monoisotopic (exact) mass is 329 g/mol. The first kappa shape index (κ1) is 15.4. The van der Waals surface area contributed by atoms with Crippen molar-refractivity contribution in [2.75, 3.05) is 26.3 Å². The second kappa shape index (κ2) is 6.43. The van der Waals surface area contributed by atoms with Gasteiger partial charge < -0.3 is 14.6 Å². The molecule has 1 aromatic carbocycles. The molecule has 2 aliphatic rings. The lowest BCUT2D eigenvalue weighted by atomic mass is 9.96. The Morgan fingerprint density at radius 1 is 1.08 bits per heavy atom. The highest BCUT2D eigenvalue weighted by atomic mass is 16.5. The summed E-state index contributed by atoms with van der Waals surface area (Å²) in [6, 6.07) is 7.95. The molecule has 0 bridgehead atoms. The molecule has 2 saturated heterocycles. The number of benzene rings is 1. The first-order valence-electron chi connectivity index (χ1n) is 8.80. The minimum atomic E-state index is -0.0506. The Kier molecular flexibility index (Phi) is 4.14. The highest BCUT2D eigenvalue weighted by Gasteiger charge is 2.30. The predicted molar refractivity (Wildman–Crippen MR) is 91.0 cm³/mol. The van der Waals surface area contributed by atoms with E-state index in [4.69, 9.17) is 4.74 Å². The SMILES string of the molecule is O=C(C1CCOCC1)N1CCC(n2c(=O)[nH]c3ccccc32)CC1. The Bertz CT molecular complexity index is 780. The molecule has 0 saturated carbocycles. The predicted octanol–water partition coefficient (Wildman–Crippen LogP) is 1.92. The zero-order valence-corrected chi connectivity index (χ0v) is 13.7. The van der Waals surface area contributed by atoms with Crippen LogP contribution in [0.3, 0.4) is 0 Å². The molecule has 128 valence electrons. The van der Waals surface area contributed by atoms with Crippen LogP contribution in [0.2, 0.25) is 0 Å². The Hall–Kier alpha value is -2.08. The fraction of sp³-hybridized carbons (Fsp3) is 0.556. The molecule has 2 aromatic rings. The van der Waals surface area contributed by atoms with Gasteiger partial charge in [0.1, 0.15) is 0 Å². The summed E-state index contributed by atoms with van der Waals surface area (Å²) in [6.45, 7) is 2.84. The van der Waals surface area contributed by atoms with E-state index in [0.717, 1.165) is 49.8 Å². The second-order valence-corrected chi connectivity index (χ2v) is 6.76. The van der Waals surface area contributed by atoms with Gasteiger partial charge in [0.25, 0.3) is 0 Å². The number of aromatic nitrogens is 2. The molecule has 0 unspecified atom stereocenters. The van der Waals surface area contributed by atoms with Crippen molar-refractivity contribution in [2.24, 2.45) is 5.92 Å². The van der Waals surface area contributed by atoms with Gasteiger partial charge in [-0.05, 0) is 37.8 Å². The van der Waals surface area contributed by atoms with Crippen LogP contribution in [0.1, 0.15) is 31.7 Å². The van der Waals surface area contributed by atoms with Crippen LogP contribution >= 0.6 is 0 Å². The van der Waals surface area contributed by atoms with Crippen LogP contribution in [0, 0.1) is 5.92 Å². The molecule has 0 aliphatic carbocycles. The average Bonchev–Trinajstić information content (AvgIpc) is 2.98. The lowest BCUT2D eigenvalue weighted by Gasteiger charge is -2.35. The Morgan fingerprint density at radius 3 is 2.54 bits per heavy atom. The minimum Gasteiger partial charge on any atom is -0.381 e. The Labute approximate surface area is 140 Å². The van der Waals surface area contributed by atoms with Crippen LogP contribution in [0.4, 0.5) is 0 Å². The molecule has 1 aromatic heterocycles. The summed E-state index contributed by atoms with van der Waals surface area (Å²) < 4.78 is 7.21. The lowest BCUT2D eigenvalue weighted by Crippen LogP contribution is -2.44. The van der Waals surface area contributed by atoms with E-state index in [1.165, 1.54) is 0 Å². The maximum atomic E-state index is 12.6. The standard InChI is InChI=1S/C18H23N3O3/c22-17(13-7-11-24-12-8-13)20-9-5-14(6-10-20)21-16-4-2-1-3-15(16)19-18(21)23/h1-4,13-14H,5-12H2,(H,19,23). The number of carbonyl (C=O) groups excluding carboxylic acids is 1. The van der Waals surface area contributed by atoms with Crippen molar-refractivity contribution < 1.29 is 9.53 Å². The zero-order chi connectivity index (χ0) is 16.5. The molecule has 1 amide bonds. The number of para-hydroxylation sites is 2. The number of carbonyl (C=O) groups is 1. The Balaban J connectivity index is 1.46. The van der Waals surface area contributed by atoms with Crippen molar-refractivity contribution in [3.63, 3.8) is 0 Å². The number of nitrogens with zero attached hydrogens (tertiary/aromatic N) is 2. The van der Waals surface area contributed by atoms with Crippen LogP contribution in [0.15, 0.2) is 29.1 Å². The van der Waals surface area contributed by atoms with Gasteiger partial charge in [-0.2, -0.15) is 0 Å². The van der Waals surface area contributed by atoms with Gasteiger partial charge in [-0.25, -0.2) is 4.79 Å². The quantitative estimate of drug-likeness (QED) is 0.915. The molecule has 3 heterocycles. The fourth-order valence-corrected chi connectivity index (χ4v) is 3.98. The fourth-order valence-electron chi connectivity index (χ4n) is 3.98. The highest BCUT2D eigenvalue weighted by molar-refractivity contribution is 5.79. The number of nitrogens with one attached hydrogen (secondary N) is 1. The van der Waals surface area contributed by atoms with E-state index in [-0.39, 0.29) is 23.6 Å². The van der Waals surface area contributed by atoms with E-state index in [2.05, 4.69) is 4.98 Å². The number of imidazole rings is 1. The van der Waals surface area contributed by atoms with E-state index in [1.807, 2.05) is 33.7 Å². The van der Waals surface area contributed by atoms with Gasteiger partial charge in [0.15, 0.2) is 0 Å². The number of aromatic amines is 1. The van der Waals surface area contributed by atoms with Crippen molar-refractivity contribution >= 4 is 16.9 Å². The third kappa shape index (κ3) is 2.75. The molecule has 6 nitrogen and oxygen atoms in total. The van der Waals surface area contributed by atoms with Crippen LogP contribution < -0.4 is 5.69 Å². The van der Waals surface area contributed by atoms with E-state index < -0.39 is 0 Å². The molecule has 0 spiro atoms. The molecule has 24 heavy (non-hydrogen) atoms. The van der Waals surface area contributed by atoms with Crippen LogP contribution in [0.25, 0.3) is 11.0 Å². The van der Waals surface area contributed by atoms with E-state index in [0.29, 0.717) is 13.2 Å². The van der Waals surface area contributed by atoms with Gasteiger partial charge in [0, 0.05) is 38.3 Å². The summed E-state index contributed by atoms with van der Waals surface area (Å²) in [6.07, 6.45) is 3.33. The Morgan fingerprint density at radius 2 is 1.79 bits per heavy atom. The molecular weight excluding hydrogens is 306 g/mol. The zero-order valence-electron chi connectivity index (χ0n) is 13.7. The van der Waals surface area contributed by atoms with Gasteiger partial charge in [0.2, 0.25) is 5.91 Å². The largest absolute Gasteiger partial charge is 0.381 e. The summed E-state index contributed by atoms with van der Waals surface area (Å²) in [5.41, 5.74) is 1.78. The molecule has 0 atom stereocenters. The van der Waals surface area contributed by atoms with Gasteiger partial charge in [-0.3, -0.25) is 9.36 Å². The third-order valence-electron chi connectivity index (χ3n) is 5.34.